The van der Waals surface area contributed by atoms with Crippen LogP contribution in [0.15, 0.2) is 35.8 Å². The molecule has 0 bridgehead atoms. The molecule has 0 unspecified atom stereocenters. The van der Waals surface area contributed by atoms with E-state index >= 15 is 0 Å². The minimum atomic E-state index is -0.645. The molecule has 24 heavy (non-hydrogen) atoms. The highest BCUT2D eigenvalue weighted by Gasteiger charge is 2.44. The third kappa shape index (κ3) is 3.00. The summed E-state index contributed by atoms with van der Waals surface area (Å²) in [4.78, 5) is 43.3. The van der Waals surface area contributed by atoms with Crippen LogP contribution in [0.5, 0.6) is 0 Å². The normalized spacial score (nSPS) is 17.5. The van der Waals surface area contributed by atoms with E-state index in [1.165, 1.54) is 16.2 Å². The van der Waals surface area contributed by atoms with E-state index < -0.39 is 23.9 Å². The molecule has 124 valence electrons. The molecule has 1 aliphatic heterocycles. The Morgan fingerprint density at radius 1 is 1.29 bits per heavy atom. The summed E-state index contributed by atoms with van der Waals surface area (Å²) in [6.45, 7) is 3.27. The number of thiazole rings is 1. The standard InChI is InChI=1S/C16H16N4O3S/c1-10-3-5-12(6-4-10)20-11(2)14(22)19(16(20)23)9-13(21)18-15-17-7-8-24-15/h3-8,11H,9H2,1-2H3,(H,17,18,21)/t11-/m1/s1. The predicted molar refractivity (Wildman–Crippen MR) is 91.0 cm³/mol. The topological polar surface area (TPSA) is 82.6 Å². The number of amides is 4. The Labute approximate surface area is 142 Å². The lowest BCUT2D eigenvalue weighted by molar-refractivity contribution is -0.130. The molecule has 3 rings (SSSR count). The minimum absolute atomic E-state index is 0.329. The third-order valence-corrected chi connectivity index (χ3v) is 4.43. The number of carbonyl (C=O) groups is 3. The van der Waals surface area contributed by atoms with E-state index in [2.05, 4.69) is 10.3 Å². The van der Waals surface area contributed by atoms with Crippen molar-refractivity contribution in [3.63, 3.8) is 0 Å². The van der Waals surface area contributed by atoms with Gasteiger partial charge in [0.1, 0.15) is 12.6 Å². The molecule has 0 spiro atoms. The lowest BCUT2D eigenvalue weighted by atomic mass is 10.2. The molecule has 0 saturated carbocycles. The van der Waals surface area contributed by atoms with Crippen LogP contribution in [0.2, 0.25) is 0 Å². The maximum Gasteiger partial charge on any atom is 0.332 e. The van der Waals surface area contributed by atoms with Crippen LogP contribution in [0.4, 0.5) is 15.6 Å². The van der Waals surface area contributed by atoms with Gasteiger partial charge in [0.15, 0.2) is 5.13 Å². The average molecular weight is 344 g/mol. The maximum absolute atomic E-state index is 12.6. The van der Waals surface area contributed by atoms with Crippen molar-refractivity contribution < 1.29 is 14.4 Å². The van der Waals surface area contributed by atoms with Gasteiger partial charge in [-0.05, 0) is 26.0 Å². The fraction of sp³-hybridized carbons (Fsp3) is 0.250. The maximum atomic E-state index is 12.6. The lowest BCUT2D eigenvalue weighted by Crippen LogP contribution is -2.39. The number of imide groups is 1. The van der Waals surface area contributed by atoms with Crippen molar-refractivity contribution in [2.45, 2.75) is 19.9 Å². The predicted octanol–water partition coefficient (Wildman–Crippen LogP) is 2.25. The first-order chi connectivity index (χ1) is 11.5. The van der Waals surface area contributed by atoms with Gasteiger partial charge in [0.25, 0.3) is 5.91 Å². The van der Waals surface area contributed by atoms with Crippen molar-refractivity contribution >= 4 is 40.0 Å². The number of rotatable bonds is 4. The molecule has 8 heteroatoms. The van der Waals surface area contributed by atoms with E-state index in [1.807, 2.05) is 19.1 Å². The van der Waals surface area contributed by atoms with Crippen molar-refractivity contribution in [1.29, 1.82) is 0 Å². The molecule has 2 heterocycles. The largest absolute Gasteiger partial charge is 0.332 e. The number of aromatic nitrogens is 1. The highest BCUT2D eigenvalue weighted by atomic mass is 32.1. The van der Waals surface area contributed by atoms with Crippen LogP contribution in [0, 0.1) is 6.92 Å². The number of anilines is 2. The summed E-state index contributed by atoms with van der Waals surface area (Å²) in [5.41, 5.74) is 1.69. The third-order valence-electron chi connectivity index (χ3n) is 3.74. The summed E-state index contributed by atoms with van der Waals surface area (Å²) in [5, 5.41) is 4.73. The Balaban J connectivity index is 1.75. The number of hydrogen-bond acceptors (Lipinski definition) is 5. The van der Waals surface area contributed by atoms with Crippen LogP contribution in [0.3, 0.4) is 0 Å². The molecule has 1 aromatic heterocycles. The van der Waals surface area contributed by atoms with Crippen molar-refractivity contribution in [3.8, 4) is 0 Å². The van der Waals surface area contributed by atoms with Crippen LogP contribution >= 0.6 is 11.3 Å². The zero-order valence-corrected chi connectivity index (χ0v) is 14.0. The summed E-state index contributed by atoms with van der Waals surface area (Å²) >= 11 is 1.27. The monoisotopic (exact) mass is 344 g/mol. The summed E-state index contributed by atoms with van der Waals surface area (Å²) in [6, 6.07) is 6.18. The Morgan fingerprint density at radius 2 is 2.00 bits per heavy atom. The molecular formula is C16H16N4O3S. The molecular weight excluding hydrogens is 328 g/mol. The van der Waals surface area contributed by atoms with E-state index in [4.69, 9.17) is 0 Å². The zero-order valence-electron chi connectivity index (χ0n) is 13.2. The second-order valence-corrected chi connectivity index (χ2v) is 6.37. The average Bonchev–Trinajstić information content (AvgIpc) is 3.12. The number of carbonyl (C=O) groups excluding carboxylic acids is 3. The first kappa shape index (κ1) is 16.1. The van der Waals surface area contributed by atoms with Crippen LogP contribution in [0.25, 0.3) is 0 Å². The van der Waals surface area contributed by atoms with Crippen LogP contribution in [0.1, 0.15) is 12.5 Å². The molecule has 4 amide bonds. The van der Waals surface area contributed by atoms with Gasteiger partial charge in [-0.25, -0.2) is 9.78 Å². The smallest absolute Gasteiger partial charge is 0.300 e. The molecule has 1 saturated heterocycles. The molecule has 7 nitrogen and oxygen atoms in total. The van der Waals surface area contributed by atoms with Gasteiger partial charge in [0.05, 0.1) is 0 Å². The Hall–Kier alpha value is -2.74. The highest BCUT2D eigenvalue weighted by molar-refractivity contribution is 7.13. The number of nitrogens with zero attached hydrogens (tertiary/aromatic N) is 3. The molecule has 1 N–H and O–H groups in total. The van der Waals surface area contributed by atoms with Crippen molar-refractivity contribution in [2.75, 3.05) is 16.8 Å². The Bertz CT molecular complexity index is 773. The Morgan fingerprint density at radius 3 is 2.62 bits per heavy atom. The molecule has 2 aromatic rings. The fourth-order valence-electron chi connectivity index (χ4n) is 2.50. The molecule has 1 aromatic carbocycles. The number of nitrogens with one attached hydrogen (secondary N) is 1. The first-order valence-corrected chi connectivity index (χ1v) is 8.26. The first-order valence-electron chi connectivity index (χ1n) is 7.38. The van der Waals surface area contributed by atoms with Gasteiger partial charge in [0, 0.05) is 17.3 Å². The van der Waals surface area contributed by atoms with Crippen LogP contribution in [-0.4, -0.2) is 40.3 Å². The van der Waals surface area contributed by atoms with Crippen molar-refractivity contribution in [2.24, 2.45) is 0 Å². The van der Waals surface area contributed by atoms with Gasteiger partial charge in [-0.3, -0.25) is 19.4 Å². The van der Waals surface area contributed by atoms with E-state index in [0.717, 1.165) is 10.5 Å². The number of hydrogen-bond donors (Lipinski definition) is 1. The highest BCUT2D eigenvalue weighted by Crippen LogP contribution is 2.26. The molecule has 0 aliphatic carbocycles. The van der Waals surface area contributed by atoms with E-state index in [-0.39, 0.29) is 6.54 Å². The SMILES string of the molecule is Cc1ccc(N2C(=O)N(CC(=O)Nc3nccs3)C(=O)[C@H]2C)cc1. The van der Waals surface area contributed by atoms with Gasteiger partial charge in [-0.2, -0.15) is 0 Å². The van der Waals surface area contributed by atoms with E-state index in [1.54, 1.807) is 30.6 Å². The second-order valence-electron chi connectivity index (χ2n) is 5.47. The van der Waals surface area contributed by atoms with Gasteiger partial charge in [-0.15, -0.1) is 11.3 Å². The lowest BCUT2D eigenvalue weighted by Gasteiger charge is -2.19. The summed E-state index contributed by atoms with van der Waals surface area (Å²) in [7, 11) is 0. The zero-order chi connectivity index (χ0) is 17.3. The summed E-state index contributed by atoms with van der Waals surface area (Å²) < 4.78 is 0. The van der Waals surface area contributed by atoms with Crippen LogP contribution in [-0.2, 0) is 9.59 Å². The second kappa shape index (κ2) is 6.40. The van der Waals surface area contributed by atoms with Gasteiger partial charge in [-0.1, -0.05) is 17.7 Å². The number of urea groups is 1. The van der Waals surface area contributed by atoms with Gasteiger partial charge >= 0.3 is 6.03 Å². The molecule has 1 fully saturated rings. The van der Waals surface area contributed by atoms with Gasteiger partial charge in [0.2, 0.25) is 5.91 Å². The van der Waals surface area contributed by atoms with Gasteiger partial charge < -0.3 is 5.32 Å². The summed E-state index contributed by atoms with van der Waals surface area (Å²) in [5.74, 6) is -0.848. The fourth-order valence-corrected chi connectivity index (χ4v) is 3.04. The van der Waals surface area contributed by atoms with Crippen LogP contribution < -0.4 is 10.2 Å². The molecule has 0 radical (unpaired) electrons. The molecule has 1 atom stereocenters. The Kier molecular flexibility index (Phi) is 4.30. The molecule has 1 aliphatic rings. The number of benzene rings is 1. The van der Waals surface area contributed by atoms with E-state index in [9.17, 15) is 14.4 Å². The quantitative estimate of drug-likeness (QED) is 0.863. The van der Waals surface area contributed by atoms with Crippen molar-refractivity contribution in [3.05, 3.63) is 41.4 Å². The van der Waals surface area contributed by atoms with E-state index in [0.29, 0.717) is 10.8 Å². The minimum Gasteiger partial charge on any atom is -0.300 e. The van der Waals surface area contributed by atoms with Crippen molar-refractivity contribution in [1.82, 2.24) is 9.88 Å². The summed E-state index contributed by atoms with van der Waals surface area (Å²) in [6.07, 6.45) is 1.56. The number of aryl methyl sites for hydroxylation is 1.